The number of nitrogens with zero attached hydrogens (tertiary/aromatic N) is 1. The summed E-state index contributed by atoms with van der Waals surface area (Å²) in [5.74, 6) is 0. The Balaban J connectivity index is 2.52. The van der Waals surface area contributed by atoms with Crippen LogP contribution in [0, 0.1) is 0 Å². The molecule has 0 fully saturated rings. The Morgan fingerprint density at radius 2 is 2.12 bits per heavy atom. The number of hydrogen-bond acceptors (Lipinski definition) is 3. The lowest BCUT2D eigenvalue weighted by Crippen LogP contribution is -2.27. The van der Waals surface area contributed by atoms with Crippen LogP contribution in [0.2, 0.25) is 0 Å². The predicted octanol–water partition coefficient (Wildman–Crippen LogP) is 2.13. The third-order valence-corrected chi connectivity index (χ3v) is 2.51. The van der Waals surface area contributed by atoms with E-state index < -0.39 is 0 Å². The summed E-state index contributed by atoms with van der Waals surface area (Å²) in [5, 5.41) is 0. The normalized spacial score (nSPS) is 10.9. The maximum atomic E-state index is 5.77. The molecule has 90 valence electrons. The van der Waals surface area contributed by atoms with E-state index in [0.717, 1.165) is 38.3 Å². The molecule has 0 saturated carbocycles. The van der Waals surface area contributed by atoms with Gasteiger partial charge < -0.3 is 10.5 Å². The molecule has 0 unspecified atom stereocenters. The monoisotopic (exact) mass is 222 g/mol. The third kappa shape index (κ3) is 4.64. The molecule has 1 rings (SSSR count). The summed E-state index contributed by atoms with van der Waals surface area (Å²) in [6.45, 7) is 5.99. The fraction of sp³-hybridized carbons (Fsp3) is 0.538. The van der Waals surface area contributed by atoms with Gasteiger partial charge in [0.2, 0.25) is 0 Å². The summed E-state index contributed by atoms with van der Waals surface area (Å²) in [6.07, 6.45) is 1.16. The van der Waals surface area contributed by atoms with Crippen molar-refractivity contribution < 1.29 is 4.74 Å². The minimum atomic E-state index is 0.780. The lowest BCUT2D eigenvalue weighted by Gasteiger charge is -2.21. The van der Waals surface area contributed by atoms with Crippen molar-refractivity contribution in [2.75, 3.05) is 32.5 Å². The molecule has 0 bridgehead atoms. The number of nitrogens with two attached hydrogens (primary N) is 1. The topological polar surface area (TPSA) is 38.5 Å². The molecule has 1 aromatic carbocycles. The van der Waals surface area contributed by atoms with Crippen LogP contribution < -0.4 is 5.73 Å². The van der Waals surface area contributed by atoms with E-state index in [1.807, 2.05) is 18.2 Å². The number of methoxy groups -OCH3 is 1. The second kappa shape index (κ2) is 7.25. The van der Waals surface area contributed by atoms with Gasteiger partial charge in [0.05, 0.1) is 6.61 Å². The van der Waals surface area contributed by atoms with E-state index in [4.69, 9.17) is 10.5 Å². The number of ether oxygens (including phenoxy) is 1. The smallest absolute Gasteiger partial charge is 0.0589 e. The van der Waals surface area contributed by atoms with Gasteiger partial charge in [0.25, 0.3) is 0 Å². The Labute approximate surface area is 98.2 Å². The van der Waals surface area contributed by atoms with Crippen molar-refractivity contribution >= 4 is 5.69 Å². The van der Waals surface area contributed by atoms with Crippen molar-refractivity contribution in [3.63, 3.8) is 0 Å². The number of benzene rings is 1. The van der Waals surface area contributed by atoms with E-state index in [0.29, 0.717) is 0 Å². The van der Waals surface area contributed by atoms with E-state index in [9.17, 15) is 0 Å². The first-order valence-electron chi connectivity index (χ1n) is 5.82. The van der Waals surface area contributed by atoms with E-state index in [1.54, 1.807) is 7.11 Å². The van der Waals surface area contributed by atoms with E-state index in [-0.39, 0.29) is 0 Å². The Kier molecular flexibility index (Phi) is 5.90. The summed E-state index contributed by atoms with van der Waals surface area (Å²) < 4.78 is 5.11. The van der Waals surface area contributed by atoms with Crippen molar-refractivity contribution in [2.45, 2.75) is 19.9 Å². The third-order valence-electron chi connectivity index (χ3n) is 2.51. The average Bonchev–Trinajstić information content (AvgIpc) is 2.26. The molecule has 0 spiro atoms. The summed E-state index contributed by atoms with van der Waals surface area (Å²) in [5.41, 5.74) is 7.87. The van der Waals surface area contributed by atoms with Gasteiger partial charge in [-0.15, -0.1) is 0 Å². The maximum Gasteiger partial charge on any atom is 0.0589 e. The first kappa shape index (κ1) is 13.0. The van der Waals surface area contributed by atoms with Crippen molar-refractivity contribution in [2.24, 2.45) is 0 Å². The van der Waals surface area contributed by atoms with E-state index >= 15 is 0 Å². The van der Waals surface area contributed by atoms with Crippen LogP contribution in [0.5, 0.6) is 0 Å². The van der Waals surface area contributed by atoms with Crippen molar-refractivity contribution in [1.29, 1.82) is 0 Å². The highest BCUT2D eigenvalue weighted by molar-refractivity contribution is 5.40. The van der Waals surface area contributed by atoms with Crippen LogP contribution in [0.25, 0.3) is 0 Å². The molecule has 0 radical (unpaired) electrons. The molecule has 2 N–H and O–H groups in total. The molecule has 16 heavy (non-hydrogen) atoms. The first-order chi connectivity index (χ1) is 7.76. The molecule has 1 aromatic rings. The molecule has 0 atom stereocenters. The lowest BCUT2D eigenvalue weighted by molar-refractivity contribution is 0.144. The molecule has 0 aliphatic heterocycles. The zero-order chi connectivity index (χ0) is 11.8. The SMILES string of the molecule is CCCN(CCOC)Cc1cccc(N)c1. The quantitative estimate of drug-likeness (QED) is 0.718. The van der Waals surface area contributed by atoms with Crippen molar-refractivity contribution in [3.05, 3.63) is 29.8 Å². The predicted molar refractivity (Wildman–Crippen MR) is 68.3 cm³/mol. The standard InChI is InChI=1S/C13H22N2O/c1-3-7-15(8-9-16-2)11-12-5-4-6-13(14)10-12/h4-6,10H,3,7-9,11,14H2,1-2H3. The van der Waals surface area contributed by atoms with Gasteiger partial charge in [-0.1, -0.05) is 19.1 Å². The summed E-state index contributed by atoms with van der Waals surface area (Å²) in [7, 11) is 1.74. The Morgan fingerprint density at radius 3 is 2.75 bits per heavy atom. The second-order valence-electron chi connectivity index (χ2n) is 4.01. The Bertz CT molecular complexity index is 302. The van der Waals surface area contributed by atoms with Crippen molar-refractivity contribution in [3.8, 4) is 0 Å². The number of hydrogen-bond donors (Lipinski definition) is 1. The highest BCUT2D eigenvalue weighted by Crippen LogP contribution is 2.09. The van der Waals surface area contributed by atoms with Crippen LogP contribution in [0.4, 0.5) is 5.69 Å². The van der Waals surface area contributed by atoms with Gasteiger partial charge in [0.1, 0.15) is 0 Å². The molecular formula is C13H22N2O. The summed E-state index contributed by atoms with van der Waals surface area (Å²) in [4.78, 5) is 2.39. The van der Waals surface area contributed by atoms with Crippen LogP contribution in [-0.2, 0) is 11.3 Å². The summed E-state index contributed by atoms with van der Waals surface area (Å²) in [6, 6.07) is 8.08. The second-order valence-corrected chi connectivity index (χ2v) is 4.01. The number of rotatable bonds is 7. The zero-order valence-electron chi connectivity index (χ0n) is 10.3. The minimum absolute atomic E-state index is 0.780. The highest BCUT2D eigenvalue weighted by atomic mass is 16.5. The Morgan fingerprint density at radius 1 is 1.31 bits per heavy atom. The fourth-order valence-electron chi connectivity index (χ4n) is 1.76. The van der Waals surface area contributed by atoms with Crippen LogP contribution in [-0.4, -0.2) is 31.7 Å². The van der Waals surface area contributed by atoms with Crippen LogP contribution in [0.3, 0.4) is 0 Å². The molecule has 0 aliphatic carbocycles. The average molecular weight is 222 g/mol. The van der Waals surface area contributed by atoms with Gasteiger partial charge in [-0.25, -0.2) is 0 Å². The van der Waals surface area contributed by atoms with E-state index in [2.05, 4.69) is 17.9 Å². The molecule has 3 heteroatoms. The van der Waals surface area contributed by atoms with Crippen LogP contribution >= 0.6 is 0 Å². The highest BCUT2D eigenvalue weighted by Gasteiger charge is 2.04. The largest absolute Gasteiger partial charge is 0.399 e. The molecule has 0 aliphatic rings. The van der Waals surface area contributed by atoms with Gasteiger partial charge >= 0.3 is 0 Å². The van der Waals surface area contributed by atoms with Crippen molar-refractivity contribution in [1.82, 2.24) is 4.90 Å². The Hall–Kier alpha value is -1.06. The van der Waals surface area contributed by atoms with Gasteiger partial charge in [0.15, 0.2) is 0 Å². The van der Waals surface area contributed by atoms with E-state index in [1.165, 1.54) is 5.56 Å². The maximum absolute atomic E-state index is 5.77. The fourth-order valence-corrected chi connectivity index (χ4v) is 1.76. The minimum Gasteiger partial charge on any atom is -0.399 e. The first-order valence-corrected chi connectivity index (χ1v) is 5.82. The molecule has 3 nitrogen and oxygen atoms in total. The van der Waals surface area contributed by atoms with Crippen LogP contribution in [0.15, 0.2) is 24.3 Å². The molecular weight excluding hydrogens is 200 g/mol. The zero-order valence-corrected chi connectivity index (χ0v) is 10.3. The van der Waals surface area contributed by atoms with Gasteiger partial charge in [0, 0.05) is 25.9 Å². The molecule has 0 heterocycles. The van der Waals surface area contributed by atoms with Crippen LogP contribution in [0.1, 0.15) is 18.9 Å². The molecule has 0 amide bonds. The lowest BCUT2D eigenvalue weighted by atomic mass is 10.2. The van der Waals surface area contributed by atoms with Gasteiger partial charge in [-0.3, -0.25) is 4.90 Å². The number of nitrogen functional groups attached to an aromatic ring is 1. The molecule has 0 aromatic heterocycles. The van der Waals surface area contributed by atoms with Gasteiger partial charge in [-0.2, -0.15) is 0 Å². The number of anilines is 1. The van der Waals surface area contributed by atoms with Gasteiger partial charge in [-0.05, 0) is 30.7 Å². The molecule has 0 saturated heterocycles. The summed E-state index contributed by atoms with van der Waals surface area (Å²) >= 11 is 0.